The quantitative estimate of drug-likeness (QED) is 0.555. The summed E-state index contributed by atoms with van der Waals surface area (Å²) in [4.78, 5) is 6.57. The smallest absolute Gasteiger partial charge is 0.188 e. The number of nitrogens with two attached hydrogens (primary N) is 1. The molecule has 3 atom stereocenters. The zero-order valence-corrected chi connectivity index (χ0v) is 16.3. The molecule has 3 N–H and O–H groups in total. The molecule has 0 amide bonds. The largest absolute Gasteiger partial charge is 0.383 e. The zero-order valence-electron chi connectivity index (χ0n) is 15.5. The number of nitrogens with one attached hydrogen (secondary N) is 1. The van der Waals surface area contributed by atoms with Crippen LogP contribution in [0.5, 0.6) is 0 Å². The first-order chi connectivity index (χ1) is 12.4. The zero-order chi connectivity index (χ0) is 19.1. The predicted molar refractivity (Wildman–Crippen MR) is 102 cm³/mol. The van der Waals surface area contributed by atoms with Crippen molar-refractivity contribution in [2.24, 2.45) is 10.7 Å². The normalized spacial score (nSPS) is 21.4. The lowest BCUT2D eigenvalue weighted by Gasteiger charge is -2.37. The first kappa shape index (κ1) is 20.9. The van der Waals surface area contributed by atoms with Crippen LogP contribution in [0.3, 0.4) is 0 Å². The van der Waals surface area contributed by atoms with Crippen LogP contribution in [0.25, 0.3) is 0 Å². The van der Waals surface area contributed by atoms with Gasteiger partial charge in [-0.2, -0.15) is 0 Å². The number of rotatable bonds is 7. The van der Waals surface area contributed by atoms with Crippen LogP contribution < -0.4 is 11.1 Å². The summed E-state index contributed by atoms with van der Waals surface area (Å²) >= 11 is 6.31. The molecule has 0 aliphatic carbocycles. The van der Waals surface area contributed by atoms with Gasteiger partial charge in [0.15, 0.2) is 5.96 Å². The van der Waals surface area contributed by atoms with E-state index in [9.17, 15) is 4.39 Å². The van der Waals surface area contributed by atoms with E-state index in [0.717, 1.165) is 0 Å². The van der Waals surface area contributed by atoms with Crippen molar-refractivity contribution in [2.45, 2.75) is 32.0 Å². The van der Waals surface area contributed by atoms with E-state index < -0.39 is 0 Å². The lowest BCUT2D eigenvalue weighted by molar-refractivity contribution is -0.0336. The Labute approximate surface area is 159 Å². The number of aliphatic imine (C=N–C) groups is 1. The highest BCUT2D eigenvalue weighted by atomic mass is 35.5. The van der Waals surface area contributed by atoms with Crippen molar-refractivity contribution >= 4 is 17.6 Å². The van der Waals surface area contributed by atoms with Gasteiger partial charge in [-0.05, 0) is 26.0 Å². The molecule has 1 fully saturated rings. The topological polar surface area (TPSA) is 72.1 Å². The summed E-state index contributed by atoms with van der Waals surface area (Å²) in [6.45, 7) is 6.71. The molecule has 1 aliphatic heterocycles. The molecule has 146 valence electrons. The second-order valence-electron chi connectivity index (χ2n) is 6.55. The van der Waals surface area contributed by atoms with E-state index in [2.05, 4.69) is 15.2 Å². The van der Waals surface area contributed by atoms with E-state index in [0.29, 0.717) is 49.4 Å². The van der Waals surface area contributed by atoms with Crippen LogP contribution in [0.2, 0.25) is 5.02 Å². The molecule has 1 aliphatic rings. The highest BCUT2D eigenvalue weighted by Crippen LogP contribution is 2.31. The van der Waals surface area contributed by atoms with Gasteiger partial charge in [0.2, 0.25) is 0 Å². The van der Waals surface area contributed by atoms with E-state index >= 15 is 0 Å². The molecule has 0 radical (unpaired) electrons. The standard InChI is InChI=1S/C18H28ClFN4O2/c1-12(11-25-3)23-18(21)22-9-16(24-7-8-26-13(2)10-24)17-14(19)5-4-6-15(17)20/h4-6,12-13,16H,7-11H2,1-3H3,(H3,21,22,23). The summed E-state index contributed by atoms with van der Waals surface area (Å²) in [7, 11) is 1.63. The minimum absolute atomic E-state index is 0.0302. The van der Waals surface area contributed by atoms with Gasteiger partial charge >= 0.3 is 0 Å². The van der Waals surface area contributed by atoms with Gasteiger partial charge in [0.05, 0.1) is 31.9 Å². The first-order valence-electron chi connectivity index (χ1n) is 8.77. The van der Waals surface area contributed by atoms with Crippen molar-refractivity contribution in [3.8, 4) is 0 Å². The number of benzene rings is 1. The summed E-state index contributed by atoms with van der Waals surface area (Å²) in [6.07, 6.45) is 0.0676. The average molecular weight is 387 g/mol. The van der Waals surface area contributed by atoms with Crippen molar-refractivity contribution in [1.29, 1.82) is 0 Å². The maximum atomic E-state index is 14.5. The highest BCUT2D eigenvalue weighted by molar-refractivity contribution is 6.31. The van der Waals surface area contributed by atoms with Gasteiger partial charge in [-0.3, -0.25) is 9.89 Å². The van der Waals surface area contributed by atoms with Crippen molar-refractivity contribution in [2.75, 3.05) is 40.0 Å². The van der Waals surface area contributed by atoms with E-state index in [4.69, 9.17) is 26.8 Å². The Morgan fingerprint density at radius 3 is 3.00 bits per heavy atom. The third-order valence-electron chi connectivity index (χ3n) is 4.29. The summed E-state index contributed by atoms with van der Waals surface area (Å²) in [6, 6.07) is 4.44. The Morgan fingerprint density at radius 1 is 1.58 bits per heavy atom. The van der Waals surface area contributed by atoms with Crippen LogP contribution in [0.15, 0.2) is 23.2 Å². The molecule has 0 bridgehead atoms. The third kappa shape index (κ3) is 5.81. The van der Waals surface area contributed by atoms with Crippen molar-refractivity contribution < 1.29 is 13.9 Å². The number of methoxy groups -OCH3 is 1. The molecular formula is C18H28ClFN4O2. The lowest BCUT2D eigenvalue weighted by atomic mass is 10.0. The third-order valence-corrected chi connectivity index (χ3v) is 4.62. The fourth-order valence-corrected chi connectivity index (χ4v) is 3.41. The van der Waals surface area contributed by atoms with Gasteiger partial charge in [0, 0.05) is 36.8 Å². The Morgan fingerprint density at radius 2 is 2.35 bits per heavy atom. The first-order valence-corrected chi connectivity index (χ1v) is 9.15. The van der Waals surface area contributed by atoms with Gasteiger partial charge in [-0.25, -0.2) is 4.39 Å². The SMILES string of the molecule is COCC(C)NC(N)=NCC(c1c(F)cccc1Cl)N1CCOC(C)C1. The predicted octanol–water partition coefficient (Wildman–Crippen LogP) is 2.18. The molecular weight excluding hydrogens is 359 g/mol. The molecule has 8 heteroatoms. The van der Waals surface area contributed by atoms with Crippen LogP contribution in [0, 0.1) is 5.82 Å². The molecule has 1 aromatic carbocycles. The minimum atomic E-state index is -0.337. The number of guanidine groups is 1. The summed E-state index contributed by atoms with van der Waals surface area (Å²) < 4.78 is 25.2. The average Bonchev–Trinajstić information content (AvgIpc) is 2.57. The van der Waals surface area contributed by atoms with Crippen LogP contribution >= 0.6 is 11.6 Å². The molecule has 3 unspecified atom stereocenters. The van der Waals surface area contributed by atoms with E-state index in [1.807, 2.05) is 13.8 Å². The number of hydrogen-bond donors (Lipinski definition) is 2. The van der Waals surface area contributed by atoms with Gasteiger partial charge in [0.25, 0.3) is 0 Å². The van der Waals surface area contributed by atoms with Crippen LogP contribution in [-0.4, -0.2) is 63.0 Å². The van der Waals surface area contributed by atoms with Crippen LogP contribution in [0.1, 0.15) is 25.5 Å². The Balaban J connectivity index is 2.21. The molecule has 2 rings (SSSR count). The van der Waals surface area contributed by atoms with Gasteiger partial charge in [-0.15, -0.1) is 0 Å². The van der Waals surface area contributed by atoms with Crippen LogP contribution in [-0.2, 0) is 9.47 Å². The maximum absolute atomic E-state index is 14.5. The van der Waals surface area contributed by atoms with Gasteiger partial charge in [-0.1, -0.05) is 17.7 Å². The van der Waals surface area contributed by atoms with Crippen molar-refractivity contribution in [1.82, 2.24) is 10.2 Å². The fourth-order valence-electron chi connectivity index (χ4n) is 3.12. The molecule has 1 saturated heterocycles. The Hall–Kier alpha value is -1.41. The Kier molecular flexibility index (Phi) is 8.09. The molecule has 1 aromatic rings. The number of morpholine rings is 1. The van der Waals surface area contributed by atoms with Crippen LogP contribution in [0.4, 0.5) is 4.39 Å². The Bertz CT molecular complexity index is 597. The van der Waals surface area contributed by atoms with Gasteiger partial charge in [0.1, 0.15) is 5.82 Å². The second kappa shape index (κ2) is 10.1. The molecule has 0 spiro atoms. The number of hydrogen-bond acceptors (Lipinski definition) is 4. The number of nitrogens with zero attached hydrogens (tertiary/aromatic N) is 2. The lowest BCUT2D eigenvalue weighted by Crippen LogP contribution is -2.45. The fraction of sp³-hybridized carbons (Fsp3) is 0.611. The van der Waals surface area contributed by atoms with Crippen molar-refractivity contribution in [3.63, 3.8) is 0 Å². The summed E-state index contributed by atoms with van der Waals surface area (Å²) in [5.41, 5.74) is 6.43. The molecule has 0 saturated carbocycles. The minimum Gasteiger partial charge on any atom is -0.383 e. The second-order valence-corrected chi connectivity index (χ2v) is 6.96. The van der Waals surface area contributed by atoms with E-state index in [-0.39, 0.29) is 24.0 Å². The molecule has 1 heterocycles. The summed E-state index contributed by atoms with van der Waals surface area (Å²) in [5, 5.41) is 3.45. The van der Waals surface area contributed by atoms with Gasteiger partial charge < -0.3 is 20.5 Å². The van der Waals surface area contributed by atoms with E-state index in [1.54, 1.807) is 19.2 Å². The molecule has 0 aromatic heterocycles. The summed E-state index contributed by atoms with van der Waals surface area (Å²) in [5.74, 6) is -0.0375. The maximum Gasteiger partial charge on any atom is 0.188 e. The molecule has 26 heavy (non-hydrogen) atoms. The van der Waals surface area contributed by atoms with E-state index in [1.165, 1.54) is 6.07 Å². The number of ether oxygens (including phenoxy) is 2. The highest BCUT2D eigenvalue weighted by Gasteiger charge is 2.29. The molecule has 6 nitrogen and oxygen atoms in total. The monoisotopic (exact) mass is 386 g/mol. The van der Waals surface area contributed by atoms with Crippen molar-refractivity contribution in [3.05, 3.63) is 34.6 Å². The number of halogens is 2.